The molecule has 2 fully saturated rings. The summed E-state index contributed by atoms with van der Waals surface area (Å²) in [7, 11) is 1.85. The molecule has 27 heavy (non-hydrogen) atoms. The van der Waals surface area contributed by atoms with Gasteiger partial charge in [0.2, 0.25) is 0 Å². The van der Waals surface area contributed by atoms with E-state index in [-0.39, 0.29) is 6.04 Å². The lowest BCUT2D eigenvalue weighted by atomic mass is 9.89. The number of aliphatic imine (C=N–C) groups is 1. The predicted octanol–water partition coefficient (Wildman–Crippen LogP) is 2.04. The van der Waals surface area contributed by atoms with Gasteiger partial charge in [0.25, 0.3) is 0 Å². The maximum absolute atomic E-state index is 5.53. The third kappa shape index (κ3) is 6.79. The first kappa shape index (κ1) is 20.1. The number of morpholine rings is 1. The van der Waals surface area contributed by atoms with Gasteiger partial charge in [-0.3, -0.25) is 9.89 Å². The standard InChI is InChI=1S/C21H34N4O2/c1-22-21(23-9-10-25-11-15-27-16-12-25)24-20(19-5-3-2-4-6-19)17-18-7-13-26-14-8-18/h2-6,18,20H,7-17H2,1H3,(H2,22,23,24). The number of nitrogens with one attached hydrogen (secondary N) is 2. The highest BCUT2D eigenvalue weighted by Gasteiger charge is 2.21. The zero-order valence-electron chi connectivity index (χ0n) is 16.5. The van der Waals surface area contributed by atoms with Gasteiger partial charge in [-0.05, 0) is 30.7 Å². The quantitative estimate of drug-likeness (QED) is 0.565. The Morgan fingerprint density at radius 1 is 1.11 bits per heavy atom. The van der Waals surface area contributed by atoms with E-state index in [1.165, 1.54) is 5.56 Å². The van der Waals surface area contributed by atoms with Crippen LogP contribution in [0.5, 0.6) is 0 Å². The number of hydrogen-bond acceptors (Lipinski definition) is 4. The molecular formula is C21H34N4O2. The van der Waals surface area contributed by atoms with Crippen molar-refractivity contribution in [3.63, 3.8) is 0 Å². The van der Waals surface area contributed by atoms with Crippen LogP contribution in [0.4, 0.5) is 0 Å². The SMILES string of the molecule is CN=C(NCCN1CCOCC1)NC(CC1CCOCC1)c1ccccc1. The van der Waals surface area contributed by atoms with Crippen molar-refractivity contribution in [1.29, 1.82) is 0 Å². The van der Waals surface area contributed by atoms with Gasteiger partial charge in [0, 0.05) is 46.4 Å². The number of guanidine groups is 1. The van der Waals surface area contributed by atoms with Gasteiger partial charge in [-0.2, -0.15) is 0 Å². The Morgan fingerprint density at radius 3 is 2.52 bits per heavy atom. The summed E-state index contributed by atoms with van der Waals surface area (Å²) in [6.45, 7) is 7.40. The van der Waals surface area contributed by atoms with Crippen LogP contribution in [0.3, 0.4) is 0 Å². The van der Waals surface area contributed by atoms with Crippen LogP contribution in [-0.4, -0.2) is 70.5 Å². The fourth-order valence-corrected chi connectivity index (χ4v) is 3.80. The van der Waals surface area contributed by atoms with Crippen LogP contribution in [0.1, 0.15) is 30.9 Å². The zero-order chi connectivity index (χ0) is 18.7. The fourth-order valence-electron chi connectivity index (χ4n) is 3.80. The summed E-state index contributed by atoms with van der Waals surface area (Å²) in [5.74, 6) is 1.58. The van der Waals surface area contributed by atoms with E-state index in [4.69, 9.17) is 9.47 Å². The minimum atomic E-state index is 0.267. The maximum Gasteiger partial charge on any atom is 0.191 e. The molecule has 3 rings (SSSR count). The molecule has 6 nitrogen and oxygen atoms in total. The van der Waals surface area contributed by atoms with E-state index >= 15 is 0 Å². The third-order valence-electron chi connectivity index (χ3n) is 5.47. The van der Waals surface area contributed by atoms with E-state index in [2.05, 4.69) is 50.9 Å². The average molecular weight is 375 g/mol. The molecule has 0 saturated carbocycles. The topological polar surface area (TPSA) is 58.1 Å². The molecule has 0 radical (unpaired) electrons. The second kappa shape index (κ2) is 11.3. The molecule has 2 saturated heterocycles. The average Bonchev–Trinajstić information content (AvgIpc) is 2.74. The van der Waals surface area contributed by atoms with Gasteiger partial charge < -0.3 is 20.1 Å². The van der Waals surface area contributed by atoms with Gasteiger partial charge in [-0.15, -0.1) is 0 Å². The van der Waals surface area contributed by atoms with Gasteiger partial charge >= 0.3 is 0 Å². The Hall–Kier alpha value is -1.63. The number of rotatable bonds is 7. The van der Waals surface area contributed by atoms with Crippen LogP contribution in [0, 0.1) is 5.92 Å². The zero-order valence-corrected chi connectivity index (χ0v) is 16.5. The Bertz CT molecular complexity index is 555. The van der Waals surface area contributed by atoms with Crippen molar-refractivity contribution in [3.8, 4) is 0 Å². The molecule has 1 aromatic carbocycles. The van der Waals surface area contributed by atoms with E-state index < -0.39 is 0 Å². The summed E-state index contributed by atoms with van der Waals surface area (Å²) in [4.78, 5) is 6.89. The van der Waals surface area contributed by atoms with Crippen molar-refractivity contribution in [2.45, 2.75) is 25.3 Å². The van der Waals surface area contributed by atoms with Gasteiger partial charge in [0.15, 0.2) is 5.96 Å². The molecule has 0 spiro atoms. The van der Waals surface area contributed by atoms with Crippen LogP contribution in [0.2, 0.25) is 0 Å². The molecule has 0 aromatic heterocycles. The summed E-state index contributed by atoms with van der Waals surface area (Å²) in [6, 6.07) is 11.0. The largest absolute Gasteiger partial charge is 0.381 e. The van der Waals surface area contributed by atoms with E-state index in [9.17, 15) is 0 Å². The maximum atomic E-state index is 5.53. The highest BCUT2D eigenvalue weighted by atomic mass is 16.5. The highest BCUT2D eigenvalue weighted by Crippen LogP contribution is 2.27. The molecule has 2 N–H and O–H groups in total. The van der Waals surface area contributed by atoms with Gasteiger partial charge in [0.05, 0.1) is 19.3 Å². The monoisotopic (exact) mass is 374 g/mol. The molecule has 150 valence electrons. The number of ether oxygens (including phenoxy) is 2. The normalized spacial score (nSPS) is 21.0. The fraction of sp³-hybridized carbons (Fsp3) is 0.667. The molecule has 2 aliphatic rings. The molecule has 0 aliphatic carbocycles. The van der Waals surface area contributed by atoms with Crippen molar-refractivity contribution >= 4 is 5.96 Å². The molecule has 0 amide bonds. The molecule has 2 aliphatic heterocycles. The van der Waals surface area contributed by atoms with Crippen molar-refractivity contribution < 1.29 is 9.47 Å². The van der Waals surface area contributed by atoms with Crippen LogP contribution in [0.25, 0.3) is 0 Å². The van der Waals surface area contributed by atoms with E-state index in [1.807, 2.05) is 7.05 Å². The lowest BCUT2D eigenvalue weighted by molar-refractivity contribution is 0.0389. The molecule has 1 atom stereocenters. The smallest absolute Gasteiger partial charge is 0.191 e. The first-order valence-corrected chi connectivity index (χ1v) is 10.2. The number of benzene rings is 1. The van der Waals surface area contributed by atoms with Crippen LogP contribution < -0.4 is 10.6 Å². The molecule has 1 unspecified atom stereocenters. The molecule has 2 heterocycles. The second-order valence-electron chi connectivity index (χ2n) is 7.35. The number of nitrogens with zero attached hydrogens (tertiary/aromatic N) is 2. The molecular weight excluding hydrogens is 340 g/mol. The van der Waals surface area contributed by atoms with E-state index in [1.54, 1.807) is 0 Å². The van der Waals surface area contributed by atoms with Gasteiger partial charge in [-0.1, -0.05) is 30.3 Å². The lowest BCUT2D eigenvalue weighted by Gasteiger charge is -2.29. The Morgan fingerprint density at radius 2 is 1.81 bits per heavy atom. The van der Waals surface area contributed by atoms with E-state index in [0.29, 0.717) is 5.92 Å². The van der Waals surface area contributed by atoms with Crippen molar-refractivity contribution in [2.24, 2.45) is 10.9 Å². The summed E-state index contributed by atoms with van der Waals surface area (Å²) in [5, 5.41) is 7.15. The van der Waals surface area contributed by atoms with Crippen LogP contribution in [-0.2, 0) is 9.47 Å². The third-order valence-corrected chi connectivity index (χ3v) is 5.47. The minimum absolute atomic E-state index is 0.267. The second-order valence-corrected chi connectivity index (χ2v) is 7.35. The molecule has 0 bridgehead atoms. The first-order valence-electron chi connectivity index (χ1n) is 10.2. The van der Waals surface area contributed by atoms with Crippen molar-refractivity contribution in [3.05, 3.63) is 35.9 Å². The molecule has 6 heteroatoms. The van der Waals surface area contributed by atoms with Gasteiger partial charge in [-0.25, -0.2) is 0 Å². The number of hydrogen-bond donors (Lipinski definition) is 2. The summed E-state index contributed by atoms with van der Waals surface area (Å²) >= 11 is 0. The van der Waals surface area contributed by atoms with Crippen LogP contribution >= 0.6 is 0 Å². The summed E-state index contributed by atoms with van der Waals surface area (Å²) in [6.07, 6.45) is 3.40. The van der Waals surface area contributed by atoms with Crippen molar-refractivity contribution in [1.82, 2.24) is 15.5 Å². The Kier molecular flexibility index (Phi) is 8.39. The predicted molar refractivity (Wildman–Crippen MR) is 109 cm³/mol. The first-order chi connectivity index (χ1) is 13.3. The van der Waals surface area contributed by atoms with Crippen LogP contribution in [0.15, 0.2) is 35.3 Å². The van der Waals surface area contributed by atoms with E-state index in [0.717, 1.165) is 77.8 Å². The lowest BCUT2D eigenvalue weighted by Crippen LogP contribution is -2.45. The minimum Gasteiger partial charge on any atom is -0.381 e. The highest BCUT2D eigenvalue weighted by molar-refractivity contribution is 5.80. The summed E-state index contributed by atoms with van der Waals surface area (Å²) < 4.78 is 10.9. The summed E-state index contributed by atoms with van der Waals surface area (Å²) in [5.41, 5.74) is 1.32. The Balaban J connectivity index is 1.53. The van der Waals surface area contributed by atoms with Crippen molar-refractivity contribution in [2.75, 3.05) is 59.7 Å². The molecule has 1 aromatic rings. The van der Waals surface area contributed by atoms with Gasteiger partial charge in [0.1, 0.15) is 0 Å². The Labute approximate surface area is 163 Å².